The van der Waals surface area contributed by atoms with E-state index in [2.05, 4.69) is 29.3 Å². The Morgan fingerprint density at radius 2 is 2.07 bits per heavy atom. The third-order valence-corrected chi connectivity index (χ3v) is 2.93. The number of hydrogen-bond acceptors (Lipinski definition) is 2. The first-order chi connectivity index (χ1) is 7.43. The van der Waals surface area contributed by atoms with Crippen molar-refractivity contribution in [3.8, 4) is 0 Å². The zero-order chi connectivity index (χ0) is 10.8. The van der Waals surface area contributed by atoms with Crippen molar-refractivity contribution in [2.24, 2.45) is 0 Å². The molecule has 0 aromatic rings. The minimum absolute atomic E-state index is 1.18. The molecule has 88 valence electrons. The molecular formula is C13H26N2. The molecule has 1 rings (SSSR count). The number of unbranched alkanes of at least 4 members (excludes halogenated alkanes) is 2. The molecule has 0 amide bonds. The lowest BCUT2D eigenvalue weighted by atomic mass is 10.2. The van der Waals surface area contributed by atoms with Gasteiger partial charge in [-0.3, -0.25) is 0 Å². The molecule has 0 aromatic carbocycles. The third kappa shape index (κ3) is 6.69. The number of nitrogens with zero attached hydrogens (tertiary/aromatic N) is 1. The maximum Gasteiger partial charge on any atom is 0.0107 e. The first kappa shape index (κ1) is 12.7. The Balaban J connectivity index is 1.96. The minimum atomic E-state index is 1.18. The van der Waals surface area contributed by atoms with Crippen molar-refractivity contribution >= 4 is 0 Å². The number of rotatable bonds is 6. The maximum absolute atomic E-state index is 3.44. The molecule has 1 saturated heterocycles. The second-order valence-corrected chi connectivity index (χ2v) is 4.32. The average Bonchev–Trinajstić information content (AvgIpc) is 2.52. The van der Waals surface area contributed by atoms with Crippen LogP contribution in [0.2, 0.25) is 0 Å². The minimum Gasteiger partial charge on any atom is -0.315 e. The van der Waals surface area contributed by atoms with E-state index in [0.717, 1.165) is 0 Å². The number of nitrogens with one attached hydrogen (secondary N) is 1. The Labute approximate surface area is 94.7 Å². The van der Waals surface area contributed by atoms with Gasteiger partial charge < -0.3 is 10.2 Å². The second kappa shape index (κ2) is 8.93. The van der Waals surface area contributed by atoms with Crippen LogP contribution in [-0.4, -0.2) is 37.6 Å². The van der Waals surface area contributed by atoms with Crippen molar-refractivity contribution in [2.45, 2.75) is 39.0 Å². The van der Waals surface area contributed by atoms with Crippen molar-refractivity contribution < 1.29 is 0 Å². The van der Waals surface area contributed by atoms with Crippen LogP contribution in [0.4, 0.5) is 0 Å². The van der Waals surface area contributed by atoms with Crippen LogP contribution in [-0.2, 0) is 0 Å². The van der Waals surface area contributed by atoms with Crippen molar-refractivity contribution in [1.29, 1.82) is 0 Å². The average molecular weight is 210 g/mol. The molecule has 2 nitrogen and oxygen atoms in total. The van der Waals surface area contributed by atoms with Gasteiger partial charge in [-0.2, -0.15) is 0 Å². The number of hydrogen-bond donors (Lipinski definition) is 1. The number of allylic oxidation sites excluding steroid dienone is 2. The zero-order valence-electron chi connectivity index (χ0n) is 10.2. The fourth-order valence-corrected chi connectivity index (χ4v) is 2.01. The van der Waals surface area contributed by atoms with Crippen LogP contribution >= 0.6 is 0 Å². The molecule has 1 heterocycles. The molecule has 1 N–H and O–H groups in total. The van der Waals surface area contributed by atoms with E-state index in [-0.39, 0.29) is 0 Å². The highest BCUT2D eigenvalue weighted by atomic mass is 15.1. The first-order valence-electron chi connectivity index (χ1n) is 6.51. The molecule has 0 spiro atoms. The van der Waals surface area contributed by atoms with Gasteiger partial charge in [-0.15, -0.1) is 0 Å². The van der Waals surface area contributed by atoms with E-state index in [1.165, 1.54) is 64.8 Å². The van der Waals surface area contributed by atoms with Crippen LogP contribution in [0.5, 0.6) is 0 Å². The Bertz CT molecular complexity index is 158. The van der Waals surface area contributed by atoms with E-state index in [4.69, 9.17) is 0 Å². The van der Waals surface area contributed by atoms with Crippen LogP contribution < -0.4 is 5.32 Å². The molecule has 0 atom stereocenters. The van der Waals surface area contributed by atoms with E-state index in [0.29, 0.717) is 0 Å². The summed E-state index contributed by atoms with van der Waals surface area (Å²) < 4.78 is 0. The van der Waals surface area contributed by atoms with Gasteiger partial charge in [0.2, 0.25) is 0 Å². The molecule has 0 saturated carbocycles. The third-order valence-electron chi connectivity index (χ3n) is 2.93. The quantitative estimate of drug-likeness (QED) is 0.535. The lowest BCUT2D eigenvalue weighted by Crippen LogP contribution is -2.28. The SMILES string of the molecule is CC/C=C/CCCCN1CCCNCC1. The summed E-state index contributed by atoms with van der Waals surface area (Å²) in [7, 11) is 0. The Morgan fingerprint density at radius 1 is 1.13 bits per heavy atom. The summed E-state index contributed by atoms with van der Waals surface area (Å²) >= 11 is 0. The zero-order valence-corrected chi connectivity index (χ0v) is 10.2. The van der Waals surface area contributed by atoms with Crippen molar-refractivity contribution in [3.05, 3.63) is 12.2 Å². The van der Waals surface area contributed by atoms with Gasteiger partial charge in [-0.05, 0) is 51.7 Å². The smallest absolute Gasteiger partial charge is 0.0107 e. The Kier molecular flexibility index (Phi) is 7.58. The Morgan fingerprint density at radius 3 is 2.93 bits per heavy atom. The molecule has 15 heavy (non-hydrogen) atoms. The van der Waals surface area contributed by atoms with Crippen LogP contribution in [0.3, 0.4) is 0 Å². The summed E-state index contributed by atoms with van der Waals surface area (Å²) in [5.74, 6) is 0. The van der Waals surface area contributed by atoms with Gasteiger partial charge in [0.25, 0.3) is 0 Å². The standard InChI is InChI=1S/C13H26N2/c1-2-3-4-5-6-7-11-15-12-8-9-14-10-13-15/h3-4,14H,2,5-13H2,1H3/b4-3+. The van der Waals surface area contributed by atoms with Crippen LogP contribution in [0, 0.1) is 0 Å². The fraction of sp³-hybridized carbons (Fsp3) is 0.846. The van der Waals surface area contributed by atoms with Gasteiger partial charge in [0, 0.05) is 13.1 Å². The summed E-state index contributed by atoms with van der Waals surface area (Å²) in [6.45, 7) is 8.40. The van der Waals surface area contributed by atoms with E-state index >= 15 is 0 Å². The molecule has 0 bridgehead atoms. The highest BCUT2D eigenvalue weighted by molar-refractivity contribution is 4.79. The van der Waals surface area contributed by atoms with E-state index in [1.807, 2.05) is 0 Å². The summed E-state index contributed by atoms with van der Waals surface area (Å²) in [6.07, 6.45) is 11.1. The van der Waals surface area contributed by atoms with Crippen LogP contribution in [0.1, 0.15) is 39.0 Å². The van der Waals surface area contributed by atoms with Gasteiger partial charge >= 0.3 is 0 Å². The van der Waals surface area contributed by atoms with Gasteiger partial charge in [-0.1, -0.05) is 19.1 Å². The summed E-state index contributed by atoms with van der Waals surface area (Å²) in [4.78, 5) is 2.60. The van der Waals surface area contributed by atoms with E-state index in [1.54, 1.807) is 0 Å². The molecular weight excluding hydrogens is 184 g/mol. The maximum atomic E-state index is 3.44. The Hall–Kier alpha value is -0.340. The molecule has 0 aliphatic carbocycles. The van der Waals surface area contributed by atoms with Gasteiger partial charge in [0.05, 0.1) is 0 Å². The van der Waals surface area contributed by atoms with Crippen molar-refractivity contribution in [3.63, 3.8) is 0 Å². The topological polar surface area (TPSA) is 15.3 Å². The molecule has 0 radical (unpaired) electrons. The molecule has 1 aliphatic heterocycles. The predicted octanol–water partition coefficient (Wildman–Crippen LogP) is 2.42. The lowest BCUT2D eigenvalue weighted by molar-refractivity contribution is 0.286. The van der Waals surface area contributed by atoms with Crippen molar-refractivity contribution in [1.82, 2.24) is 10.2 Å². The fourth-order valence-electron chi connectivity index (χ4n) is 2.01. The summed E-state index contributed by atoms with van der Waals surface area (Å²) in [5.41, 5.74) is 0. The molecule has 0 unspecified atom stereocenters. The summed E-state index contributed by atoms with van der Waals surface area (Å²) in [5, 5.41) is 3.44. The van der Waals surface area contributed by atoms with Crippen LogP contribution in [0.15, 0.2) is 12.2 Å². The monoisotopic (exact) mass is 210 g/mol. The van der Waals surface area contributed by atoms with E-state index in [9.17, 15) is 0 Å². The lowest BCUT2D eigenvalue weighted by Gasteiger charge is -2.18. The predicted molar refractivity (Wildman–Crippen MR) is 67.2 cm³/mol. The van der Waals surface area contributed by atoms with Gasteiger partial charge in [0.15, 0.2) is 0 Å². The second-order valence-electron chi connectivity index (χ2n) is 4.32. The normalized spacial score (nSPS) is 19.5. The van der Waals surface area contributed by atoms with Gasteiger partial charge in [0.1, 0.15) is 0 Å². The highest BCUT2D eigenvalue weighted by Crippen LogP contribution is 2.02. The largest absolute Gasteiger partial charge is 0.315 e. The first-order valence-corrected chi connectivity index (χ1v) is 6.51. The van der Waals surface area contributed by atoms with Crippen molar-refractivity contribution in [2.75, 3.05) is 32.7 Å². The molecule has 2 heteroatoms. The van der Waals surface area contributed by atoms with Gasteiger partial charge in [-0.25, -0.2) is 0 Å². The molecule has 0 aromatic heterocycles. The summed E-state index contributed by atoms with van der Waals surface area (Å²) in [6, 6.07) is 0. The van der Waals surface area contributed by atoms with E-state index < -0.39 is 0 Å². The molecule has 1 aliphatic rings. The van der Waals surface area contributed by atoms with Crippen LogP contribution in [0.25, 0.3) is 0 Å². The highest BCUT2D eigenvalue weighted by Gasteiger charge is 2.06. The molecule has 1 fully saturated rings.